The number of aryl methyl sites for hydroxylation is 3. The maximum absolute atomic E-state index is 13.2. The van der Waals surface area contributed by atoms with Gasteiger partial charge in [0.25, 0.3) is 0 Å². The number of hydrogen-bond donors (Lipinski definition) is 1. The van der Waals surface area contributed by atoms with Crippen LogP contribution in [-0.2, 0) is 10.0 Å². The first-order chi connectivity index (χ1) is 13.9. The second kappa shape index (κ2) is 7.61. The van der Waals surface area contributed by atoms with Gasteiger partial charge in [0.2, 0.25) is 10.0 Å². The molecular formula is C21H25N5O2S. The van der Waals surface area contributed by atoms with E-state index in [1.807, 2.05) is 45.0 Å². The van der Waals surface area contributed by atoms with Gasteiger partial charge in [0.05, 0.1) is 10.6 Å². The van der Waals surface area contributed by atoms with Crippen molar-refractivity contribution in [2.75, 3.05) is 31.1 Å². The van der Waals surface area contributed by atoms with Gasteiger partial charge in [-0.15, -0.1) is 0 Å². The van der Waals surface area contributed by atoms with Crippen molar-refractivity contribution in [3.05, 3.63) is 59.4 Å². The van der Waals surface area contributed by atoms with E-state index in [0.29, 0.717) is 31.1 Å². The van der Waals surface area contributed by atoms with Crippen molar-refractivity contribution in [1.29, 1.82) is 0 Å². The zero-order chi connectivity index (χ0) is 20.6. The van der Waals surface area contributed by atoms with Crippen LogP contribution >= 0.6 is 0 Å². The number of piperazine rings is 1. The van der Waals surface area contributed by atoms with Crippen molar-refractivity contribution in [3.63, 3.8) is 0 Å². The molecule has 0 unspecified atom stereocenters. The van der Waals surface area contributed by atoms with Crippen LogP contribution in [0.25, 0.3) is 11.3 Å². The highest BCUT2D eigenvalue weighted by molar-refractivity contribution is 7.89. The SMILES string of the molecule is Cc1cc(C)c(S(=O)(=O)N2CCN(c3cc(-c4ccncc4)[nH]n3)CC2)cc1C. The summed E-state index contributed by atoms with van der Waals surface area (Å²) in [6, 6.07) is 9.58. The molecule has 1 aliphatic heterocycles. The number of nitrogens with one attached hydrogen (secondary N) is 1. The Morgan fingerprint density at radius 1 is 0.897 bits per heavy atom. The average Bonchev–Trinajstić information content (AvgIpc) is 3.22. The Morgan fingerprint density at radius 2 is 1.55 bits per heavy atom. The molecule has 0 saturated carbocycles. The Hall–Kier alpha value is -2.71. The number of benzene rings is 1. The van der Waals surface area contributed by atoms with E-state index in [2.05, 4.69) is 20.1 Å². The van der Waals surface area contributed by atoms with Crippen molar-refractivity contribution in [2.45, 2.75) is 25.7 Å². The molecular weight excluding hydrogens is 386 g/mol. The number of anilines is 1. The third-order valence-electron chi connectivity index (χ3n) is 5.53. The summed E-state index contributed by atoms with van der Waals surface area (Å²) in [5.41, 5.74) is 4.83. The molecule has 0 atom stereocenters. The fourth-order valence-electron chi connectivity index (χ4n) is 3.66. The highest BCUT2D eigenvalue weighted by Crippen LogP contribution is 2.26. The first kappa shape index (κ1) is 19.6. The monoisotopic (exact) mass is 411 g/mol. The number of aromatic amines is 1. The minimum atomic E-state index is -3.50. The average molecular weight is 412 g/mol. The molecule has 0 bridgehead atoms. The largest absolute Gasteiger partial charge is 0.352 e. The third-order valence-corrected chi connectivity index (χ3v) is 7.57. The Morgan fingerprint density at radius 3 is 2.24 bits per heavy atom. The maximum atomic E-state index is 13.2. The molecule has 1 aromatic carbocycles. The maximum Gasteiger partial charge on any atom is 0.243 e. The third kappa shape index (κ3) is 3.77. The first-order valence-corrected chi connectivity index (χ1v) is 11.1. The molecule has 1 aliphatic rings. The van der Waals surface area contributed by atoms with E-state index >= 15 is 0 Å². The Kier molecular flexibility index (Phi) is 5.14. The van der Waals surface area contributed by atoms with Crippen LogP contribution in [0.1, 0.15) is 16.7 Å². The minimum absolute atomic E-state index is 0.411. The number of rotatable bonds is 4. The van der Waals surface area contributed by atoms with Gasteiger partial charge in [-0.2, -0.15) is 9.40 Å². The van der Waals surface area contributed by atoms with E-state index in [0.717, 1.165) is 33.8 Å². The number of H-pyrrole nitrogens is 1. The molecule has 7 nitrogen and oxygen atoms in total. The Labute approximate surface area is 171 Å². The van der Waals surface area contributed by atoms with Crippen molar-refractivity contribution in [1.82, 2.24) is 19.5 Å². The van der Waals surface area contributed by atoms with Gasteiger partial charge in [0, 0.05) is 50.2 Å². The van der Waals surface area contributed by atoms with Crippen molar-refractivity contribution in [2.24, 2.45) is 0 Å². The van der Waals surface area contributed by atoms with Crippen molar-refractivity contribution >= 4 is 15.8 Å². The molecule has 4 rings (SSSR count). The van der Waals surface area contributed by atoms with Gasteiger partial charge in [-0.1, -0.05) is 6.07 Å². The van der Waals surface area contributed by atoms with Gasteiger partial charge in [-0.05, 0) is 55.7 Å². The number of hydrogen-bond acceptors (Lipinski definition) is 5. The lowest BCUT2D eigenvalue weighted by Gasteiger charge is -2.34. The van der Waals surface area contributed by atoms with Crippen LogP contribution in [0.15, 0.2) is 47.6 Å². The lowest BCUT2D eigenvalue weighted by atomic mass is 10.1. The summed E-state index contributed by atoms with van der Waals surface area (Å²) in [7, 11) is -3.50. The second-order valence-corrected chi connectivity index (χ2v) is 9.38. The predicted octanol–water partition coefficient (Wildman–Crippen LogP) is 2.91. The molecule has 1 saturated heterocycles. The van der Waals surface area contributed by atoms with Crippen molar-refractivity contribution < 1.29 is 8.42 Å². The lowest BCUT2D eigenvalue weighted by Crippen LogP contribution is -2.48. The molecule has 3 heterocycles. The zero-order valence-corrected chi connectivity index (χ0v) is 17.7. The first-order valence-electron chi connectivity index (χ1n) is 9.65. The molecule has 8 heteroatoms. The summed E-state index contributed by atoms with van der Waals surface area (Å²) in [5, 5.41) is 7.46. The molecule has 0 amide bonds. The summed E-state index contributed by atoms with van der Waals surface area (Å²) in [5.74, 6) is 0.830. The molecule has 1 N–H and O–H groups in total. The van der Waals surface area contributed by atoms with Crippen LogP contribution in [0, 0.1) is 20.8 Å². The topological polar surface area (TPSA) is 82.2 Å². The summed E-state index contributed by atoms with van der Waals surface area (Å²) in [4.78, 5) is 6.56. The van der Waals surface area contributed by atoms with E-state index in [4.69, 9.17) is 0 Å². The standard InChI is InChI=1S/C21H25N5O2S/c1-15-12-17(3)20(13-16(15)2)29(27,28)26-10-8-25(9-11-26)21-14-19(23-24-21)18-4-6-22-7-5-18/h4-7,12-14H,8-11H2,1-3H3,(H,23,24). The number of aromatic nitrogens is 3. The van der Waals surface area contributed by atoms with E-state index in [1.54, 1.807) is 22.8 Å². The van der Waals surface area contributed by atoms with E-state index in [-0.39, 0.29) is 0 Å². The fourth-order valence-corrected chi connectivity index (χ4v) is 5.37. The Bertz CT molecular complexity index is 1120. The normalized spacial score (nSPS) is 15.6. The van der Waals surface area contributed by atoms with Gasteiger partial charge in [0.15, 0.2) is 5.82 Å². The van der Waals surface area contributed by atoms with E-state index in [9.17, 15) is 8.42 Å². The number of sulfonamides is 1. The van der Waals surface area contributed by atoms with Gasteiger partial charge in [-0.3, -0.25) is 10.1 Å². The number of nitrogens with zero attached hydrogens (tertiary/aromatic N) is 4. The fraction of sp³-hybridized carbons (Fsp3) is 0.333. The zero-order valence-electron chi connectivity index (χ0n) is 16.9. The van der Waals surface area contributed by atoms with Gasteiger partial charge in [0.1, 0.15) is 0 Å². The van der Waals surface area contributed by atoms with Crippen LogP contribution in [0.4, 0.5) is 5.82 Å². The smallest absolute Gasteiger partial charge is 0.243 e. The Balaban J connectivity index is 1.48. The van der Waals surface area contributed by atoms with Crippen LogP contribution in [0.5, 0.6) is 0 Å². The summed E-state index contributed by atoms with van der Waals surface area (Å²) in [6.45, 7) is 7.89. The quantitative estimate of drug-likeness (QED) is 0.714. The molecule has 152 valence electrons. The molecule has 0 radical (unpaired) electrons. The lowest BCUT2D eigenvalue weighted by molar-refractivity contribution is 0.383. The van der Waals surface area contributed by atoms with Crippen LogP contribution in [-0.4, -0.2) is 54.1 Å². The van der Waals surface area contributed by atoms with Crippen LogP contribution in [0.3, 0.4) is 0 Å². The van der Waals surface area contributed by atoms with Gasteiger partial charge >= 0.3 is 0 Å². The summed E-state index contributed by atoms with van der Waals surface area (Å²) in [6.07, 6.45) is 3.49. The molecule has 3 aromatic rings. The van der Waals surface area contributed by atoms with Gasteiger partial charge in [-0.25, -0.2) is 8.42 Å². The van der Waals surface area contributed by atoms with Crippen LogP contribution < -0.4 is 4.90 Å². The summed E-state index contributed by atoms with van der Waals surface area (Å²) < 4.78 is 27.9. The minimum Gasteiger partial charge on any atom is -0.352 e. The molecule has 1 fully saturated rings. The molecule has 0 spiro atoms. The highest BCUT2D eigenvalue weighted by atomic mass is 32.2. The number of pyridine rings is 1. The summed E-state index contributed by atoms with van der Waals surface area (Å²) >= 11 is 0. The molecule has 29 heavy (non-hydrogen) atoms. The highest BCUT2D eigenvalue weighted by Gasteiger charge is 2.30. The predicted molar refractivity (Wildman–Crippen MR) is 113 cm³/mol. The van der Waals surface area contributed by atoms with Gasteiger partial charge < -0.3 is 4.90 Å². The second-order valence-electron chi connectivity index (χ2n) is 7.47. The van der Waals surface area contributed by atoms with E-state index in [1.165, 1.54) is 0 Å². The molecule has 2 aromatic heterocycles. The van der Waals surface area contributed by atoms with E-state index < -0.39 is 10.0 Å². The molecule has 0 aliphatic carbocycles. The van der Waals surface area contributed by atoms with Crippen LogP contribution in [0.2, 0.25) is 0 Å². The van der Waals surface area contributed by atoms with Crippen molar-refractivity contribution in [3.8, 4) is 11.3 Å².